The van der Waals surface area contributed by atoms with Gasteiger partial charge in [0.1, 0.15) is 6.10 Å². The van der Waals surface area contributed by atoms with Crippen molar-refractivity contribution in [1.82, 2.24) is 4.90 Å². The Labute approximate surface area is 198 Å². The van der Waals surface area contributed by atoms with Gasteiger partial charge >= 0.3 is 11.9 Å². The maximum Gasteiger partial charge on any atom is 0.350 e. The highest BCUT2D eigenvalue weighted by molar-refractivity contribution is 5.86. The predicted molar refractivity (Wildman–Crippen MR) is 125 cm³/mol. The Kier molecular flexibility index (Phi) is 4.91. The average molecular weight is 456 g/mol. The van der Waals surface area contributed by atoms with Gasteiger partial charge in [0.2, 0.25) is 5.60 Å². The van der Waals surface area contributed by atoms with Crippen molar-refractivity contribution in [3.63, 3.8) is 0 Å². The largest absolute Gasteiger partial charge is 0.459 e. The Hall–Kier alpha value is -1.36. The fourth-order valence-corrected chi connectivity index (χ4v) is 9.53. The maximum atomic E-state index is 12.8. The summed E-state index contributed by atoms with van der Waals surface area (Å²) in [5.74, 6) is 2.67. The number of hydrogen-bond donors (Lipinski definition) is 0. The third-order valence-corrected chi connectivity index (χ3v) is 11.4. The first-order valence-corrected chi connectivity index (χ1v) is 13.5. The monoisotopic (exact) mass is 455 g/mol. The Bertz CT molecular complexity index is 892. The molecule has 0 unspecified atom stereocenters. The molecule has 0 aromatic heterocycles. The Balaban J connectivity index is 1.18. The molecule has 0 amide bonds. The predicted octanol–water partition coefficient (Wildman–Crippen LogP) is 4.89. The highest BCUT2D eigenvalue weighted by atomic mass is 16.6. The summed E-state index contributed by atoms with van der Waals surface area (Å²) >= 11 is 0. The summed E-state index contributed by atoms with van der Waals surface area (Å²) in [6.45, 7) is 7.66. The smallest absolute Gasteiger partial charge is 0.350 e. The van der Waals surface area contributed by atoms with E-state index in [2.05, 4.69) is 31.9 Å². The van der Waals surface area contributed by atoms with Gasteiger partial charge in [0.05, 0.1) is 0 Å². The molecule has 5 heteroatoms. The number of rotatable bonds is 3. The van der Waals surface area contributed by atoms with Crippen LogP contribution in [0.1, 0.15) is 85.0 Å². The molecule has 5 nitrogen and oxygen atoms in total. The minimum absolute atomic E-state index is 0.0727. The van der Waals surface area contributed by atoms with E-state index in [1.807, 2.05) is 0 Å². The van der Waals surface area contributed by atoms with Gasteiger partial charge in [-0.25, -0.2) is 4.79 Å². The lowest BCUT2D eigenvalue weighted by Crippen LogP contribution is -2.52. The van der Waals surface area contributed by atoms with E-state index >= 15 is 0 Å². The van der Waals surface area contributed by atoms with Crippen molar-refractivity contribution < 1.29 is 19.1 Å². The number of carbonyl (C=O) groups excluding carboxylic acids is 2. The lowest BCUT2D eigenvalue weighted by atomic mass is 9.47. The second-order valence-electron chi connectivity index (χ2n) is 12.7. The first-order chi connectivity index (χ1) is 15.7. The number of nitrogens with zero attached hydrogens (tertiary/aromatic N) is 1. The van der Waals surface area contributed by atoms with E-state index in [0.29, 0.717) is 18.3 Å². The van der Waals surface area contributed by atoms with E-state index in [-0.39, 0.29) is 17.5 Å². The van der Waals surface area contributed by atoms with Crippen molar-refractivity contribution in [2.24, 2.45) is 34.5 Å². The topological polar surface area (TPSA) is 55.8 Å². The van der Waals surface area contributed by atoms with Crippen LogP contribution in [0, 0.1) is 34.5 Å². The van der Waals surface area contributed by atoms with Crippen molar-refractivity contribution in [1.29, 1.82) is 0 Å². The SMILES string of the molecule is CC(=O)OC1(C(=O)O[C@H]2CC[C@@]3(C)C(=CC[C@H]4[C@@H]5CC[C@@H]6[C@H](C)N(C)C[C@@]65CC[C@@H]43)C2)CC1. The standard InChI is InChI=1S/C28H41NO4/c1-17-22-7-8-24-21-6-5-19-15-20(32-25(31)28(13-14-28)33-18(2)30)9-11-26(19,3)23(21)10-12-27(22,24)16-29(17)4/h5,17,20-24H,6-16H2,1-4H3/t17-,20-,21+,22+,23-,24-,26-,27-/m0/s1. The van der Waals surface area contributed by atoms with Gasteiger partial charge in [0.15, 0.2) is 0 Å². The minimum Gasteiger partial charge on any atom is -0.459 e. The number of carbonyl (C=O) groups is 2. The third-order valence-electron chi connectivity index (χ3n) is 11.4. The normalized spacial score (nSPS) is 47.5. The minimum atomic E-state index is -0.985. The zero-order chi connectivity index (χ0) is 23.2. The van der Waals surface area contributed by atoms with Crippen molar-refractivity contribution in [2.75, 3.05) is 13.6 Å². The molecule has 0 radical (unpaired) electrons. The molecule has 4 saturated carbocycles. The van der Waals surface area contributed by atoms with Gasteiger partial charge in [-0.1, -0.05) is 18.6 Å². The van der Waals surface area contributed by atoms with Gasteiger partial charge < -0.3 is 14.4 Å². The Morgan fingerprint density at radius 1 is 1.03 bits per heavy atom. The van der Waals surface area contributed by atoms with Crippen LogP contribution in [-0.2, 0) is 19.1 Å². The number of esters is 2. The van der Waals surface area contributed by atoms with E-state index < -0.39 is 11.6 Å². The van der Waals surface area contributed by atoms with Crippen LogP contribution in [0.5, 0.6) is 0 Å². The summed E-state index contributed by atoms with van der Waals surface area (Å²) in [6.07, 6.45) is 13.4. The molecule has 0 N–H and O–H groups in total. The van der Waals surface area contributed by atoms with Crippen LogP contribution in [0.4, 0.5) is 0 Å². The zero-order valence-electron chi connectivity index (χ0n) is 20.9. The van der Waals surface area contributed by atoms with Crippen molar-refractivity contribution in [2.45, 2.75) is 103 Å². The lowest BCUT2D eigenvalue weighted by Gasteiger charge is -2.58. The molecule has 33 heavy (non-hydrogen) atoms. The number of likely N-dealkylation sites (tertiary alicyclic amines) is 1. The quantitative estimate of drug-likeness (QED) is 0.448. The summed E-state index contributed by atoms with van der Waals surface area (Å²) in [5, 5.41) is 0. The molecule has 1 heterocycles. The summed E-state index contributed by atoms with van der Waals surface area (Å²) in [7, 11) is 2.34. The molecule has 6 aliphatic rings. The summed E-state index contributed by atoms with van der Waals surface area (Å²) in [4.78, 5) is 26.8. The Morgan fingerprint density at radius 2 is 1.79 bits per heavy atom. The van der Waals surface area contributed by atoms with Crippen LogP contribution >= 0.6 is 0 Å². The van der Waals surface area contributed by atoms with Gasteiger partial charge in [0.25, 0.3) is 0 Å². The first kappa shape index (κ1) is 22.1. The zero-order valence-corrected chi connectivity index (χ0v) is 20.9. The van der Waals surface area contributed by atoms with Gasteiger partial charge in [0, 0.05) is 38.8 Å². The van der Waals surface area contributed by atoms with Gasteiger partial charge in [-0.3, -0.25) is 4.79 Å². The average Bonchev–Trinajstić information content (AvgIpc) is 3.38. The third kappa shape index (κ3) is 3.13. The fourth-order valence-electron chi connectivity index (χ4n) is 9.53. The number of allylic oxidation sites excluding steroid dienone is 1. The molecule has 0 aromatic carbocycles. The van der Waals surface area contributed by atoms with Crippen molar-refractivity contribution >= 4 is 11.9 Å². The summed E-state index contributed by atoms with van der Waals surface area (Å²) in [6, 6.07) is 0.740. The molecule has 1 saturated heterocycles. The summed E-state index contributed by atoms with van der Waals surface area (Å²) < 4.78 is 11.2. The van der Waals surface area contributed by atoms with Gasteiger partial charge in [-0.05, 0) is 93.4 Å². The Morgan fingerprint density at radius 3 is 2.52 bits per heavy atom. The van der Waals surface area contributed by atoms with E-state index in [0.717, 1.165) is 49.0 Å². The maximum absolute atomic E-state index is 12.8. The van der Waals surface area contributed by atoms with Crippen molar-refractivity contribution in [3.05, 3.63) is 11.6 Å². The second-order valence-corrected chi connectivity index (χ2v) is 12.7. The van der Waals surface area contributed by atoms with E-state index in [4.69, 9.17) is 9.47 Å². The second kappa shape index (κ2) is 7.32. The number of ether oxygens (including phenoxy) is 2. The fraction of sp³-hybridized carbons (Fsp3) is 0.857. The molecule has 8 atom stereocenters. The molecule has 0 aromatic rings. The number of fused-ring (bicyclic) bond motifs is 4. The molecule has 1 spiro atoms. The molecule has 1 aliphatic heterocycles. The molecule has 5 aliphatic carbocycles. The van der Waals surface area contributed by atoms with E-state index in [9.17, 15) is 9.59 Å². The highest BCUT2D eigenvalue weighted by Gasteiger charge is 2.64. The number of hydrogen-bond acceptors (Lipinski definition) is 5. The molecule has 182 valence electrons. The van der Waals surface area contributed by atoms with E-state index in [1.165, 1.54) is 51.1 Å². The van der Waals surface area contributed by atoms with Crippen molar-refractivity contribution in [3.8, 4) is 0 Å². The van der Waals surface area contributed by atoms with Crippen LogP contribution in [-0.4, -0.2) is 48.2 Å². The molecule has 5 fully saturated rings. The van der Waals surface area contributed by atoms with Crippen LogP contribution in [0.2, 0.25) is 0 Å². The molecular formula is C28H41NO4. The van der Waals surface area contributed by atoms with E-state index in [1.54, 1.807) is 0 Å². The summed E-state index contributed by atoms with van der Waals surface area (Å²) in [5.41, 5.74) is 1.38. The van der Waals surface area contributed by atoms with Gasteiger partial charge in [-0.15, -0.1) is 0 Å². The molecular weight excluding hydrogens is 414 g/mol. The lowest BCUT2D eigenvalue weighted by molar-refractivity contribution is -0.175. The highest BCUT2D eigenvalue weighted by Crippen LogP contribution is 2.68. The van der Waals surface area contributed by atoms with Crippen LogP contribution in [0.15, 0.2) is 11.6 Å². The first-order valence-electron chi connectivity index (χ1n) is 13.5. The molecule has 6 rings (SSSR count). The van der Waals surface area contributed by atoms with Crippen LogP contribution in [0.25, 0.3) is 0 Å². The van der Waals surface area contributed by atoms with Gasteiger partial charge in [-0.2, -0.15) is 0 Å². The van der Waals surface area contributed by atoms with Crippen LogP contribution < -0.4 is 0 Å². The molecule has 0 bridgehead atoms. The van der Waals surface area contributed by atoms with Crippen LogP contribution in [0.3, 0.4) is 0 Å².